The highest BCUT2D eigenvalue weighted by Gasteiger charge is 2.14. The van der Waals surface area contributed by atoms with Crippen molar-refractivity contribution in [3.05, 3.63) is 71.5 Å². The maximum Gasteiger partial charge on any atom is 0.221 e. The quantitative estimate of drug-likeness (QED) is 0.876. The first kappa shape index (κ1) is 15.2. The normalized spacial score (nSPS) is 13.5. The lowest BCUT2D eigenvalue weighted by molar-refractivity contribution is -0.122. The molecule has 110 valence electrons. The van der Waals surface area contributed by atoms with E-state index in [0.29, 0.717) is 6.42 Å². The molecule has 0 saturated heterocycles. The van der Waals surface area contributed by atoms with Gasteiger partial charge in [0.15, 0.2) is 0 Å². The molecule has 2 nitrogen and oxygen atoms in total. The topological polar surface area (TPSA) is 29.1 Å². The highest BCUT2D eigenvalue weighted by molar-refractivity contribution is 5.77. The van der Waals surface area contributed by atoms with Crippen molar-refractivity contribution < 1.29 is 9.18 Å². The minimum atomic E-state index is -0.269. The Morgan fingerprint density at radius 3 is 2.24 bits per heavy atom. The van der Waals surface area contributed by atoms with Gasteiger partial charge < -0.3 is 5.32 Å². The van der Waals surface area contributed by atoms with Gasteiger partial charge in [0, 0.05) is 6.42 Å². The third-order valence-corrected chi connectivity index (χ3v) is 3.61. The molecule has 0 spiro atoms. The Balaban J connectivity index is 1.91. The fourth-order valence-electron chi connectivity index (χ4n) is 2.31. The van der Waals surface area contributed by atoms with E-state index in [0.717, 1.165) is 11.1 Å². The summed E-state index contributed by atoms with van der Waals surface area (Å²) in [5.41, 5.74) is 2.05. The van der Waals surface area contributed by atoms with E-state index in [4.69, 9.17) is 0 Å². The molecule has 0 aliphatic carbocycles. The number of carbonyl (C=O) groups excluding carboxylic acids is 1. The number of halogens is 1. The van der Waals surface area contributed by atoms with Gasteiger partial charge >= 0.3 is 0 Å². The molecule has 2 rings (SSSR count). The van der Waals surface area contributed by atoms with Crippen molar-refractivity contribution in [2.45, 2.75) is 32.2 Å². The molecule has 0 aliphatic rings. The molecule has 1 amide bonds. The van der Waals surface area contributed by atoms with Crippen LogP contribution in [0.15, 0.2) is 54.6 Å². The van der Waals surface area contributed by atoms with E-state index in [1.165, 1.54) is 12.1 Å². The highest BCUT2D eigenvalue weighted by Crippen LogP contribution is 2.19. The van der Waals surface area contributed by atoms with Gasteiger partial charge in [0.2, 0.25) is 5.91 Å². The molecule has 2 atom stereocenters. The SMILES string of the molecule is CC(CC(=O)NC(C)c1ccc(F)cc1)c1ccccc1. The van der Waals surface area contributed by atoms with E-state index in [1.54, 1.807) is 12.1 Å². The fourth-order valence-corrected chi connectivity index (χ4v) is 2.31. The first-order chi connectivity index (χ1) is 10.1. The average molecular weight is 285 g/mol. The first-order valence-corrected chi connectivity index (χ1v) is 7.16. The molecular weight excluding hydrogens is 265 g/mol. The lowest BCUT2D eigenvalue weighted by atomic mass is 9.97. The van der Waals surface area contributed by atoms with Crippen molar-refractivity contribution in [1.29, 1.82) is 0 Å². The van der Waals surface area contributed by atoms with Gasteiger partial charge in [-0.2, -0.15) is 0 Å². The number of hydrogen-bond acceptors (Lipinski definition) is 1. The van der Waals surface area contributed by atoms with Crippen molar-refractivity contribution in [1.82, 2.24) is 5.32 Å². The largest absolute Gasteiger partial charge is 0.350 e. The Hall–Kier alpha value is -2.16. The number of hydrogen-bond donors (Lipinski definition) is 1. The average Bonchev–Trinajstić information content (AvgIpc) is 2.48. The van der Waals surface area contributed by atoms with E-state index in [1.807, 2.05) is 44.2 Å². The molecule has 21 heavy (non-hydrogen) atoms. The minimum Gasteiger partial charge on any atom is -0.350 e. The van der Waals surface area contributed by atoms with E-state index in [-0.39, 0.29) is 23.7 Å². The summed E-state index contributed by atoms with van der Waals surface area (Å²) < 4.78 is 12.9. The molecular formula is C18H20FNO. The molecule has 0 radical (unpaired) electrons. The summed E-state index contributed by atoms with van der Waals surface area (Å²) in [6.07, 6.45) is 0.440. The smallest absolute Gasteiger partial charge is 0.221 e. The van der Waals surface area contributed by atoms with E-state index >= 15 is 0 Å². The summed E-state index contributed by atoms with van der Waals surface area (Å²) >= 11 is 0. The van der Waals surface area contributed by atoms with Crippen molar-refractivity contribution in [2.75, 3.05) is 0 Å². The van der Waals surface area contributed by atoms with Gasteiger partial charge in [-0.3, -0.25) is 4.79 Å². The second-order valence-electron chi connectivity index (χ2n) is 5.36. The van der Waals surface area contributed by atoms with Crippen LogP contribution in [0.4, 0.5) is 4.39 Å². The summed E-state index contributed by atoms with van der Waals surface area (Å²) in [4.78, 5) is 12.1. The highest BCUT2D eigenvalue weighted by atomic mass is 19.1. The molecule has 0 bridgehead atoms. The summed E-state index contributed by atoms with van der Waals surface area (Å²) in [5.74, 6) is -0.0928. The Kier molecular flexibility index (Phi) is 5.09. The Labute approximate surface area is 125 Å². The summed E-state index contributed by atoms with van der Waals surface area (Å²) in [6, 6.07) is 16.1. The molecule has 0 saturated carbocycles. The van der Waals surface area contributed by atoms with E-state index < -0.39 is 0 Å². The summed E-state index contributed by atoms with van der Waals surface area (Å²) in [6.45, 7) is 3.94. The van der Waals surface area contributed by atoms with Gasteiger partial charge in [-0.05, 0) is 36.1 Å². The van der Waals surface area contributed by atoms with Crippen LogP contribution in [0, 0.1) is 5.82 Å². The van der Waals surface area contributed by atoms with Crippen molar-refractivity contribution in [2.24, 2.45) is 0 Å². The first-order valence-electron chi connectivity index (χ1n) is 7.16. The number of nitrogens with one attached hydrogen (secondary N) is 1. The molecule has 2 aromatic carbocycles. The van der Waals surface area contributed by atoms with E-state index in [9.17, 15) is 9.18 Å². The second-order valence-corrected chi connectivity index (χ2v) is 5.36. The number of amides is 1. The van der Waals surface area contributed by atoms with Gasteiger partial charge in [-0.25, -0.2) is 4.39 Å². The monoisotopic (exact) mass is 285 g/mol. The summed E-state index contributed by atoms with van der Waals surface area (Å²) in [7, 11) is 0. The maximum atomic E-state index is 12.9. The van der Waals surface area contributed by atoms with Crippen LogP contribution in [0.2, 0.25) is 0 Å². The predicted octanol–water partition coefficient (Wildman–Crippen LogP) is 4.20. The zero-order chi connectivity index (χ0) is 15.2. The fraction of sp³-hybridized carbons (Fsp3) is 0.278. The van der Waals surface area contributed by atoms with Crippen LogP contribution >= 0.6 is 0 Å². The maximum absolute atomic E-state index is 12.9. The Morgan fingerprint density at radius 1 is 1.00 bits per heavy atom. The predicted molar refractivity (Wildman–Crippen MR) is 82.4 cm³/mol. The molecule has 1 N–H and O–H groups in total. The number of benzene rings is 2. The zero-order valence-electron chi connectivity index (χ0n) is 12.3. The Bertz CT molecular complexity index is 580. The number of rotatable bonds is 5. The van der Waals surface area contributed by atoms with Gasteiger partial charge in [0.1, 0.15) is 5.82 Å². The van der Waals surface area contributed by atoms with Crippen molar-refractivity contribution in [3.8, 4) is 0 Å². The van der Waals surface area contributed by atoms with Gasteiger partial charge in [-0.15, -0.1) is 0 Å². The zero-order valence-corrected chi connectivity index (χ0v) is 12.3. The third kappa shape index (κ3) is 4.42. The van der Waals surface area contributed by atoms with Gasteiger partial charge in [0.05, 0.1) is 6.04 Å². The standard InChI is InChI=1S/C18H20FNO/c1-13(15-6-4-3-5-7-15)12-18(21)20-14(2)16-8-10-17(19)11-9-16/h3-11,13-14H,12H2,1-2H3,(H,20,21). The van der Waals surface area contributed by atoms with Crippen molar-refractivity contribution in [3.63, 3.8) is 0 Å². The van der Waals surface area contributed by atoms with Crippen molar-refractivity contribution >= 4 is 5.91 Å². The van der Waals surface area contributed by atoms with Crippen LogP contribution < -0.4 is 5.32 Å². The third-order valence-electron chi connectivity index (χ3n) is 3.61. The molecule has 3 heteroatoms. The second kappa shape index (κ2) is 7.02. The number of carbonyl (C=O) groups is 1. The van der Waals surface area contributed by atoms with Crippen LogP contribution in [0.1, 0.15) is 43.4 Å². The van der Waals surface area contributed by atoms with Gasteiger partial charge in [-0.1, -0.05) is 49.4 Å². The van der Waals surface area contributed by atoms with E-state index in [2.05, 4.69) is 5.32 Å². The molecule has 0 fully saturated rings. The van der Waals surface area contributed by atoms with Gasteiger partial charge in [0.25, 0.3) is 0 Å². The molecule has 2 unspecified atom stereocenters. The van der Waals surface area contributed by atoms with Crippen LogP contribution in [0.3, 0.4) is 0 Å². The lowest BCUT2D eigenvalue weighted by Gasteiger charge is -2.17. The van der Waals surface area contributed by atoms with Crippen LogP contribution in [-0.4, -0.2) is 5.91 Å². The molecule has 0 aliphatic heterocycles. The molecule has 0 aromatic heterocycles. The molecule has 0 heterocycles. The minimum absolute atomic E-state index is 0.00294. The lowest BCUT2D eigenvalue weighted by Crippen LogP contribution is -2.27. The summed E-state index contributed by atoms with van der Waals surface area (Å²) in [5, 5.41) is 2.95. The Morgan fingerprint density at radius 2 is 1.62 bits per heavy atom. The van der Waals surface area contributed by atoms with Crippen LogP contribution in [-0.2, 0) is 4.79 Å². The molecule has 2 aromatic rings. The van der Waals surface area contributed by atoms with Crippen LogP contribution in [0.5, 0.6) is 0 Å². The van der Waals surface area contributed by atoms with Crippen LogP contribution in [0.25, 0.3) is 0 Å².